The predicted octanol–water partition coefficient (Wildman–Crippen LogP) is 1.11. The van der Waals surface area contributed by atoms with E-state index in [-0.39, 0.29) is 18.8 Å². The van der Waals surface area contributed by atoms with E-state index in [0.29, 0.717) is 11.3 Å². The van der Waals surface area contributed by atoms with Gasteiger partial charge in [-0.3, -0.25) is 15.1 Å². The van der Waals surface area contributed by atoms with Crippen LogP contribution < -0.4 is 16.0 Å². The third-order valence-corrected chi connectivity index (χ3v) is 4.49. The van der Waals surface area contributed by atoms with Crippen LogP contribution in [0.4, 0.5) is 10.5 Å². The molecule has 3 rings (SSSR count). The molecule has 1 heterocycles. The van der Waals surface area contributed by atoms with Crippen LogP contribution in [0.5, 0.6) is 0 Å². The molecule has 2 aromatic carbocycles. The molecule has 150 valence electrons. The summed E-state index contributed by atoms with van der Waals surface area (Å²) in [7, 11) is 0. The van der Waals surface area contributed by atoms with Crippen LogP contribution in [0, 0.1) is 5.41 Å². The normalized spacial score (nSPS) is 16.8. The number of amides is 2. The Morgan fingerprint density at radius 1 is 1.21 bits per heavy atom. The number of nitrogens with two attached hydrogens (primary N) is 1. The number of carbonyl (C=O) groups excluding carboxylic acids is 2. The van der Waals surface area contributed by atoms with Gasteiger partial charge in [0.05, 0.1) is 6.54 Å². The van der Waals surface area contributed by atoms with Gasteiger partial charge in [0, 0.05) is 17.7 Å². The Morgan fingerprint density at radius 3 is 2.45 bits per heavy atom. The van der Waals surface area contributed by atoms with Crippen LogP contribution in [-0.4, -0.2) is 47.6 Å². The molecule has 9 heteroatoms. The molecule has 1 unspecified atom stereocenters. The average Bonchev–Trinajstić information content (AvgIpc) is 3.10. The molecule has 0 spiro atoms. The molecule has 0 aromatic heterocycles. The van der Waals surface area contributed by atoms with Gasteiger partial charge in [0.25, 0.3) is 5.91 Å². The summed E-state index contributed by atoms with van der Waals surface area (Å²) in [4.78, 5) is 37.4. The van der Waals surface area contributed by atoms with E-state index < -0.39 is 30.1 Å². The van der Waals surface area contributed by atoms with Crippen molar-refractivity contribution in [2.75, 3.05) is 11.4 Å². The van der Waals surface area contributed by atoms with Crippen LogP contribution in [0.25, 0.3) is 0 Å². The summed E-state index contributed by atoms with van der Waals surface area (Å²) in [6.07, 6.45) is -1.73. The number of carboxylic acids is 1. The molecule has 2 atom stereocenters. The van der Waals surface area contributed by atoms with Crippen LogP contribution in [0.2, 0.25) is 0 Å². The summed E-state index contributed by atoms with van der Waals surface area (Å²) < 4.78 is 5.11. The molecule has 5 N–H and O–H groups in total. The van der Waals surface area contributed by atoms with E-state index in [4.69, 9.17) is 15.9 Å². The summed E-state index contributed by atoms with van der Waals surface area (Å²) >= 11 is 0. The number of nitrogen functional groups attached to an aromatic ring is 1. The number of ether oxygens (including phenoxy) is 1. The van der Waals surface area contributed by atoms with Gasteiger partial charge in [-0.05, 0) is 29.8 Å². The zero-order valence-corrected chi connectivity index (χ0v) is 15.4. The van der Waals surface area contributed by atoms with E-state index in [2.05, 4.69) is 5.32 Å². The Morgan fingerprint density at radius 2 is 1.86 bits per heavy atom. The largest absolute Gasteiger partial charge is 0.480 e. The second-order valence-corrected chi connectivity index (χ2v) is 6.53. The van der Waals surface area contributed by atoms with Crippen LogP contribution in [-0.2, 0) is 20.7 Å². The quantitative estimate of drug-likeness (QED) is 0.407. The summed E-state index contributed by atoms with van der Waals surface area (Å²) in [5.74, 6) is -1.95. The number of nitrogens with zero attached hydrogens (tertiary/aromatic N) is 1. The summed E-state index contributed by atoms with van der Waals surface area (Å²) in [6, 6.07) is 14.1. The number of rotatable bonds is 7. The molecule has 0 radical (unpaired) electrons. The maximum Gasteiger partial charge on any atom is 0.415 e. The Labute approximate surface area is 166 Å². The van der Waals surface area contributed by atoms with Gasteiger partial charge >= 0.3 is 12.1 Å². The number of nitrogens with one attached hydrogen (secondary N) is 2. The van der Waals surface area contributed by atoms with Crippen molar-refractivity contribution in [1.82, 2.24) is 5.32 Å². The fraction of sp³-hybridized carbons (Fsp3) is 0.200. The van der Waals surface area contributed by atoms with Gasteiger partial charge in [0.1, 0.15) is 11.9 Å². The Balaban J connectivity index is 1.65. The Bertz CT molecular complexity index is 930. The van der Waals surface area contributed by atoms with Gasteiger partial charge in [0.2, 0.25) is 0 Å². The van der Waals surface area contributed by atoms with E-state index >= 15 is 0 Å². The second-order valence-electron chi connectivity index (χ2n) is 6.53. The standard InChI is InChI=1S/C20H20N4O5/c21-17(22)13-6-8-14(9-7-13)24-11-16(29-20(24)28)18(25)23-15(19(26)27)10-12-4-2-1-3-5-12/h1-9,15-16H,10-11H2,(H3,21,22)(H,23,25)(H,26,27)/t15-,16?/m1/s1. The second kappa shape index (κ2) is 8.42. The maximum atomic E-state index is 12.5. The highest BCUT2D eigenvalue weighted by Gasteiger charge is 2.38. The van der Waals surface area contributed by atoms with Crippen molar-refractivity contribution in [3.63, 3.8) is 0 Å². The van der Waals surface area contributed by atoms with E-state index in [1.165, 1.54) is 4.90 Å². The van der Waals surface area contributed by atoms with Crippen molar-refractivity contribution in [2.24, 2.45) is 5.73 Å². The molecular formula is C20H20N4O5. The summed E-state index contributed by atoms with van der Waals surface area (Å²) in [6.45, 7) is -0.0538. The third kappa shape index (κ3) is 4.70. The maximum absolute atomic E-state index is 12.5. The fourth-order valence-electron chi connectivity index (χ4n) is 2.95. The van der Waals surface area contributed by atoms with Gasteiger partial charge in [-0.2, -0.15) is 0 Å². The SMILES string of the molecule is N=C(N)c1ccc(N2CC(C(=O)N[C@H](Cc3ccccc3)C(=O)O)OC2=O)cc1. The zero-order valence-electron chi connectivity index (χ0n) is 15.4. The highest BCUT2D eigenvalue weighted by atomic mass is 16.6. The lowest BCUT2D eigenvalue weighted by atomic mass is 10.1. The van der Waals surface area contributed by atoms with Crippen molar-refractivity contribution in [1.29, 1.82) is 5.41 Å². The lowest BCUT2D eigenvalue weighted by molar-refractivity contribution is -0.142. The molecule has 0 aliphatic carbocycles. The Kier molecular flexibility index (Phi) is 5.77. The van der Waals surface area contributed by atoms with Crippen LogP contribution in [0.1, 0.15) is 11.1 Å². The molecule has 1 aliphatic heterocycles. The first-order chi connectivity index (χ1) is 13.8. The highest BCUT2D eigenvalue weighted by Crippen LogP contribution is 2.22. The van der Waals surface area contributed by atoms with E-state index in [1.54, 1.807) is 48.5 Å². The number of carbonyl (C=O) groups is 3. The lowest BCUT2D eigenvalue weighted by Gasteiger charge is -2.17. The third-order valence-electron chi connectivity index (χ3n) is 4.49. The fourth-order valence-corrected chi connectivity index (χ4v) is 2.95. The first-order valence-corrected chi connectivity index (χ1v) is 8.85. The predicted molar refractivity (Wildman–Crippen MR) is 105 cm³/mol. The van der Waals surface area contributed by atoms with Crippen molar-refractivity contribution in [2.45, 2.75) is 18.6 Å². The number of hydrogen-bond acceptors (Lipinski definition) is 5. The number of cyclic esters (lactones) is 1. The Hall–Kier alpha value is -3.88. The summed E-state index contributed by atoms with van der Waals surface area (Å²) in [5, 5.41) is 19.3. The molecule has 0 bridgehead atoms. The van der Waals surface area contributed by atoms with Crippen LogP contribution >= 0.6 is 0 Å². The van der Waals surface area contributed by atoms with Crippen molar-refractivity contribution >= 4 is 29.5 Å². The molecule has 0 saturated carbocycles. The zero-order chi connectivity index (χ0) is 21.0. The molecular weight excluding hydrogens is 376 g/mol. The first kappa shape index (κ1) is 19.9. The van der Waals surface area contributed by atoms with Gasteiger partial charge in [-0.25, -0.2) is 9.59 Å². The molecule has 29 heavy (non-hydrogen) atoms. The molecule has 1 saturated heterocycles. The number of amidine groups is 1. The minimum absolute atomic E-state index is 0.0538. The van der Waals surface area contributed by atoms with Gasteiger partial charge in [0.15, 0.2) is 6.10 Å². The number of anilines is 1. The molecule has 1 fully saturated rings. The smallest absolute Gasteiger partial charge is 0.415 e. The highest BCUT2D eigenvalue weighted by molar-refractivity contribution is 5.98. The molecule has 9 nitrogen and oxygen atoms in total. The van der Waals surface area contributed by atoms with Gasteiger partial charge in [-0.1, -0.05) is 30.3 Å². The van der Waals surface area contributed by atoms with Crippen LogP contribution in [0.15, 0.2) is 54.6 Å². The molecule has 1 aliphatic rings. The van der Waals surface area contributed by atoms with E-state index in [1.807, 2.05) is 6.07 Å². The van der Waals surface area contributed by atoms with E-state index in [0.717, 1.165) is 5.56 Å². The number of benzene rings is 2. The van der Waals surface area contributed by atoms with Crippen molar-refractivity contribution in [3.05, 3.63) is 65.7 Å². The van der Waals surface area contributed by atoms with Crippen molar-refractivity contribution < 1.29 is 24.2 Å². The van der Waals surface area contributed by atoms with Crippen LogP contribution in [0.3, 0.4) is 0 Å². The topological polar surface area (TPSA) is 146 Å². The lowest BCUT2D eigenvalue weighted by Crippen LogP contribution is -2.47. The molecule has 2 amide bonds. The van der Waals surface area contributed by atoms with Crippen molar-refractivity contribution in [3.8, 4) is 0 Å². The first-order valence-electron chi connectivity index (χ1n) is 8.85. The van der Waals surface area contributed by atoms with E-state index in [9.17, 15) is 19.5 Å². The average molecular weight is 396 g/mol. The molecule has 2 aromatic rings. The van der Waals surface area contributed by atoms with Gasteiger partial charge in [-0.15, -0.1) is 0 Å². The number of aliphatic carboxylic acids is 1. The number of hydrogen-bond donors (Lipinski definition) is 4. The number of carboxylic acid groups (broad SMARTS) is 1. The monoisotopic (exact) mass is 396 g/mol. The summed E-state index contributed by atoms with van der Waals surface area (Å²) in [5.41, 5.74) is 7.15. The van der Waals surface area contributed by atoms with Gasteiger partial charge < -0.3 is 20.9 Å². The minimum Gasteiger partial charge on any atom is -0.480 e. The minimum atomic E-state index is -1.18.